The first-order valence-electron chi connectivity index (χ1n) is 5.36. The fourth-order valence-corrected chi connectivity index (χ4v) is 1.97. The number of hydrogen-bond donors (Lipinski definition) is 2. The smallest absolute Gasteiger partial charge is 0.394 e. The van der Waals surface area contributed by atoms with Gasteiger partial charge in [0, 0.05) is 9.13 Å². The summed E-state index contributed by atoms with van der Waals surface area (Å²) in [6.07, 6.45) is -4.50. The molecule has 106 valence electrons. The lowest BCUT2D eigenvalue weighted by molar-refractivity contribution is -0.137. The zero-order valence-corrected chi connectivity index (χ0v) is 12.5. The number of nitrogens with one attached hydrogen (secondary N) is 1. The minimum absolute atomic E-state index is 0.0826. The highest BCUT2D eigenvalue weighted by Crippen LogP contribution is 2.31. The van der Waals surface area contributed by atoms with Gasteiger partial charge in [-0.1, -0.05) is 0 Å². The lowest BCUT2D eigenvalue weighted by Gasteiger charge is -2.23. The van der Waals surface area contributed by atoms with Crippen LogP contribution in [0.15, 0.2) is 18.2 Å². The number of aliphatic hydroxyl groups is 1. The van der Waals surface area contributed by atoms with Gasteiger partial charge in [-0.3, -0.25) is 4.79 Å². The number of carbonyl (C=O) groups excluding carboxylic acids is 1. The molecule has 0 radical (unpaired) electrons. The molecule has 0 unspecified atom stereocenters. The molecule has 0 heterocycles. The molecule has 1 rings (SSSR count). The van der Waals surface area contributed by atoms with Gasteiger partial charge in [0.25, 0.3) is 5.91 Å². The number of amides is 1. The van der Waals surface area contributed by atoms with Crippen molar-refractivity contribution in [3.8, 4) is 0 Å². The van der Waals surface area contributed by atoms with Crippen LogP contribution in [0.4, 0.5) is 13.2 Å². The van der Waals surface area contributed by atoms with E-state index in [0.29, 0.717) is 3.57 Å². The van der Waals surface area contributed by atoms with Gasteiger partial charge in [0.1, 0.15) is 0 Å². The normalized spacial score (nSPS) is 12.4. The maximum Gasteiger partial charge on any atom is 0.416 e. The van der Waals surface area contributed by atoms with Crippen molar-refractivity contribution in [2.24, 2.45) is 0 Å². The number of alkyl halides is 3. The molecule has 0 bridgehead atoms. The van der Waals surface area contributed by atoms with E-state index < -0.39 is 23.2 Å². The SMILES string of the molecule is CC(C)(CO)NC(=O)c1cc(I)cc(C(F)(F)F)c1. The summed E-state index contributed by atoms with van der Waals surface area (Å²) in [5.41, 5.74) is -1.84. The Kier molecular flexibility index (Phi) is 4.83. The molecule has 1 amide bonds. The maximum absolute atomic E-state index is 12.6. The Morgan fingerprint density at radius 3 is 2.37 bits per heavy atom. The molecular formula is C12H13F3INO2. The van der Waals surface area contributed by atoms with Crippen molar-refractivity contribution >= 4 is 28.5 Å². The maximum atomic E-state index is 12.6. The minimum atomic E-state index is -4.50. The van der Waals surface area contributed by atoms with Crippen molar-refractivity contribution in [3.05, 3.63) is 32.9 Å². The minimum Gasteiger partial charge on any atom is -0.394 e. The molecule has 0 saturated heterocycles. The van der Waals surface area contributed by atoms with E-state index in [2.05, 4.69) is 5.32 Å². The van der Waals surface area contributed by atoms with Crippen molar-refractivity contribution in [1.29, 1.82) is 0 Å². The zero-order valence-electron chi connectivity index (χ0n) is 10.3. The van der Waals surface area contributed by atoms with E-state index >= 15 is 0 Å². The highest BCUT2D eigenvalue weighted by atomic mass is 127. The van der Waals surface area contributed by atoms with Crippen molar-refractivity contribution in [1.82, 2.24) is 5.32 Å². The van der Waals surface area contributed by atoms with Crippen molar-refractivity contribution < 1.29 is 23.1 Å². The van der Waals surface area contributed by atoms with Gasteiger partial charge in [0.15, 0.2) is 0 Å². The first kappa shape index (κ1) is 16.2. The molecule has 0 aromatic heterocycles. The largest absolute Gasteiger partial charge is 0.416 e. The van der Waals surface area contributed by atoms with E-state index in [4.69, 9.17) is 5.11 Å². The lowest BCUT2D eigenvalue weighted by Crippen LogP contribution is -2.46. The van der Waals surface area contributed by atoms with Crippen molar-refractivity contribution in [2.75, 3.05) is 6.61 Å². The molecule has 1 aromatic rings. The Morgan fingerprint density at radius 1 is 1.32 bits per heavy atom. The van der Waals surface area contributed by atoms with Crippen LogP contribution in [0.2, 0.25) is 0 Å². The highest BCUT2D eigenvalue weighted by molar-refractivity contribution is 14.1. The van der Waals surface area contributed by atoms with Gasteiger partial charge >= 0.3 is 6.18 Å². The summed E-state index contributed by atoms with van der Waals surface area (Å²) in [6, 6.07) is 3.12. The van der Waals surface area contributed by atoms with Gasteiger partial charge < -0.3 is 10.4 Å². The second-order valence-electron chi connectivity index (χ2n) is 4.72. The zero-order chi connectivity index (χ0) is 14.8. The monoisotopic (exact) mass is 387 g/mol. The molecule has 2 N–H and O–H groups in total. The molecule has 0 aliphatic rings. The molecule has 0 spiro atoms. The molecule has 19 heavy (non-hydrogen) atoms. The third-order valence-electron chi connectivity index (χ3n) is 2.33. The first-order valence-corrected chi connectivity index (χ1v) is 6.44. The van der Waals surface area contributed by atoms with Gasteiger partial charge in [-0.25, -0.2) is 0 Å². The molecule has 0 fully saturated rings. The topological polar surface area (TPSA) is 49.3 Å². The molecule has 3 nitrogen and oxygen atoms in total. The number of aliphatic hydroxyl groups excluding tert-OH is 1. The van der Waals surface area contributed by atoms with Gasteiger partial charge in [-0.15, -0.1) is 0 Å². The van der Waals surface area contributed by atoms with Crippen LogP contribution >= 0.6 is 22.6 Å². The molecule has 0 aliphatic heterocycles. The molecule has 0 saturated carbocycles. The van der Waals surface area contributed by atoms with Crippen LogP contribution < -0.4 is 5.32 Å². The van der Waals surface area contributed by atoms with Gasteiger partial charge in [0.2, 0.25) is 0 Å². The average molecular weight is 387 g/mol. The van der Waals surface area contributed by atoms with Crippen LogP contribution in [-0.2, 0) is 6.18 Å². The summed E-state index contributed by atoms with van der Waals surface area (Å²) in [4.78, 5) is 11.9. The van der Waals surface area contributed by atoms with Crippen LogP contribution in [0, 0.1) is 3.57 Å². The first-order chi connectivity index (χ1) is 8.55. The Labute approximate surface area is 122 Å². The summed E-state index contributed by atoms with van der Waals surface area (Å²) < 4.78 is 38.2. The van der Waals surface area contributed by atoms with Crippen LogP contribution in [0.25, 0.3) is 0 Å². The van der Waals surface area contributed by atoms with Crippen molar-refractivity contribution in [3.63, 3.8) is 0 Å². The number of hydrogen-bond acceptors (Lipinski definition) is 2. The molecular weight excluding hydrogens is 374 g/mol. The van der Waals surface area contributed by atoms with Crippen LogP contribution in [0.5, 0.6) is 0 Å². The van der Waals surface area contributed by atoms with Crippen LogP contribution in [-0.4, -0.2) is 23.2 Å². The fourth-order valence-electron chi connectivity index (χ4n) is 1.30. The Morgan fingerprint density at radius 2 is 1.89 bits per heavy atom. The fraction of sp³-hybridized carbons (Fsp3) is 0.417. The molecule has 0 aliphatic carbocycles. The summed E-state index contributed by atoms with van der Waals surface area (Å²) in [5, 5.41) is 11.5. The molecule has 7 heteroatoms. The Balaban J connectivity index is 3.08. The summed E-state index contributed by atoms with van der Waals surface area (Å²) in [6.45, 7) is 2.84. The Hall–Kier alpha value is -0.830. The third-order valence-corrected chi connectivity index (χ3v) is 2.96. The van der Waals surface area contributed by atoms with Gasteiger partial charge in [0.05, 0.1) is 17.7 Å². The van der Waals surface area contributed by atoms with Crippen LogP contribution in [0.1, 0.15) is 29.8 Å². The summed E-state index contributed by atoms with van der Waals surface area (Å²) in [7, 11) is 0. The van der Waals surface area contributed by atoms with E-state index in [1.54, 1.807) is 36.4 Å². The second kappa shape index (κ2) is 5.66. The number of benzene rings is 1. The average Bonchev–Trinajstić information content (AvgIpc) is 2.26. The molecule has 1 aromatic carbocycles. The van der Waals surface area contributed by atoms with E-state index in [1.165, 1.54) is 6.07 Å². The number of carbonyl (C=O) groups is 1. The standard InChI is InChI=1S/C12H13F3INO2/c1-11(2,6-18)17-10(19)7-3-8(12(13,14)15)5-9(16)4-7/h3-5,18H,6H2,1-2H3,(H,17,19). The highest BCUT2D eigenvalue weighted by Gasteiger charge is 2.32. The van der Waals surface area contributed by atoms with Crippen LogP contribution in [0.3, 0.4) is 0 Å². The quantitative estimate of drug-likeness (QED) is 0.784. The summed E-state index contributed by atoms with van der Waals surface area (Å²) >= 11 is 1.72. The van der Waals surface area contributed by atoms with Gasteiger partial charge in [-0.2, -0.15) is 13.2 Å². The summed E-state index contributed by atoms with van der Waals surface area (Å²) in [5.74, 6) is -0.650. The van der Waals surface area contributed by atoms with Crippen molar-refractivity contribution in [2.45, 2.75) is 25.6 Å². The Bertz CT molecular complexity index is 486. The second-order valence-corrected chi connectivity index (χ2v) is 5.97. The number of rotatable bonds is 3. The predicted octanol–water partition coefficient (Wildman–Crippen LogP) is 2.81. The predicted molar refractivity (Wildman–Crippen MR) is 72.8 cm³/mol. The van der Waals surface area contributed by atoms with E-state index in [-0.39, 0.29) is 12.2 Å². The van der Waals surface area contributed by atoms with Gasteiger partial charge in [-0.05, 0) is 54.6 Å². The third kappa shape index (κ3) is 4.64. The van der Waals surface area contributed by atoms with E-state index in [0.717, 1.165) is 12.1 Å². The van der Waals surface area contributed by atoms with E-state index in [1.807, 2.05) is 0 Å². The van der Waals surface area contributed by atoms with E-state index in [9.17, 15) is 18.0 Å². The lowest BCUT2D eigenvalue weighted by atomic mass is 10.0. The number of halogens is 4. The molecule has 0 atom stereocenters.